The van der Waals surface area contributed by atoms with Crippen LogP contribution >= 0.6 is 11.3 Å². The van der Waals surface area contributed by atoms with Crippen LogP contribution in [0.4, 0.5) is 5.69 Å². The van der Waals surface area contributed by atoms with E-state index in [4.69, 9.17) is 0 Å². The first-order chi connectivity index (χ1) is 10.5. The number of carbonyl (C=O) groups excluding carboxylic acids is 1. The van der Waals surface area contributed by atoms with Crippen LogP contribution in [0.15, 0.2) is 24.5 Å². The Morgan fingerprint density at radius 3 is 2.68 bits per heavy atom. The van der Waals surface area contributed by atoms with Gasteiger partial charge < -0.3 is 5.32 Å². The highest BCUT2D eigenvalue weighted by Crippen LogP contribution is 2.23. The number of thiophene rings is 1. The lowest BCUT2D eigenvalue weighted by atomic mass is 10.2. The zero-order valence-electron chi connectivity index (χ0n) is 13.0. The maximum atomic E-state index is 12.3. The molecule has 22 heavy (non-hydrogen) atoms. The molecule has 3 rings (SSSR count). The number of aryl methyl sites for hydroxylation is 2. The van der Waals surface area contributed by atoms with Gasteiger partial charge in [-0.05, 0) is 39.8 Å². The molecule has 0 fully saturated rings. The van der Waals surface area contributed by atoms with Crippen molar-refractivity contribution in [3.05, 3.63) is 39.8 Å². The summed E-state index contributed by atoms with van der Waals surface area (Å²) in [5.74, 6) is -0.0979. The smallest absolute Gasteiger partial charge is 0.256 e. The molecule has 1 N–H and O–H groups in total. The number of pyridine rings is 1. The molecule has 0 spiro atoms. The Bertz CT molecular complexity index is 847. The summed E-state index contributed by atoms with van der Waals surface area (Å²) in [6.45, 7) is 8.08. The predicted molar refractivity (Wildman–Crippen MR) is 89.7 cm³/mol. The topological polar surface area (TPSA) is 59.8 Å². The van der Waals surface area contributed by atoms with Crippen LogP contribution in [0.1, 0.15) is 40.0 Å². The number of hydrogen-bond donors (Lipinski definition) is 1. The summed E-state index contributed by atoms with van der Waals surface area (Å²) in [6.07, 6.45) is 3.45. The lowest BCUT2D eigenvalue weighted by Crippen LogP contribution is -2.12. The second-order valence-corrected chi connectivity index (χ2v) is 7.06. The third-order valence-corrected chi connectivity index (χ3v) is 4.43. The van der Waals surface area contributed by atoms with Gasteiger partial charge in [0.05, 0.1) is 23.6 Å². The van der Waals surface area contributed by atoms with Gasteiger partial charge in [0, 0.05) is 21.2 Å². The van der Waals surface area contributed by atoms with E-state index in [9.17, 15) is 4.79 Å². The number of hydrogen-bond acceptors (Lipinski definition) is 4. The molecule has 3 heterocycles. The monoisotopic (exact) mass is 314 g/mol. The molecule has 1 amide bonds. The van der Waals surface area contributed by atoms with Gasteiger partial charge >= 0.3 is 0 Å². The highest BCUT2D eigenvalue weighted by Gasteiger charge is 2.13. The van der Waals surface area contributed by atoms with Crippen LogP contribution in [0.2, 0.25) is 0 Å². The summed E-state index contributed by atoms with van der Waals surface area (Å²) in [5.41, 5.74) is 2.24. The van der Waals surface area contributed by atoms with Gasteiger partial charge in [-0.25, -0.2) is 9.67 Å². The second kappa shape index (κ2) is 5.53. The van der Waals surface area contributed by atoms with E-state index in [0.717, 1.165) is 26.4 Å². The zero-order chi connectivity index (χ0) is 15.9. The summed E-state index contributed by atoms with van der Waals surface area (Å²) in [7, 11) is 0. The van der Waals surface area contributed by atoms with Crippen molar-refractivity contribution < 1.29 is 4.79 Å². The Balaban J connectivity index is 1.88. The van der Waals surface area contributed by atoms with Crippen LogP contribution in [-0.4, -0.2) is 20.7 Å². The molecule has 6 heteroatoms. The number of aromatic nitrogens is 3. The lowest BCUT2D eigenvalue weighted by molar-refractivity contribution is 0.102. The molecule has 0 saturated carbocycles. The zero-order valence-corrected chi connectivity index (χ0v) is 13.9. The number of nitrogens with one attached hydrogen (secondary N) is 1. The van der Waals surface area contributed by atoms with Crippen LogP contribution in [0.5, 0.6) is 0 Å². The summed E-state index contributed by atoms with van der Waals surface area (Å²) in [4.78, 5) is 18.9. The van der Waals surface area contributed by atoms with Crippen molar-refractivity contribution in [2.24, 2.45) is 0 Å². The van der Waals surface area contributed by atoms with Gasteiger partial charge in [0.2, 0.25) is 0 Å². The first-order valence-corrected chi connectivity index (χ1v) is 7.99. The molecule has 3 aromatic rings. The predicted octanol–water partition coefficient (Wildman–Crippen LogP) is 3.94. The summed E-state index contributed by atoms with van der Waals surface area (Å²) < 4.78 is 1.87. The van der Waals surface area contributed by atoms with Gasteiger partial charge in [-0.1, -0.05) is 0 Å². The number of carbonyl (C=O) groups is 1. The Labute approximate surface area is 133 Å². The lowest BCUT2D eigenvalue weighted by Gasteiger charge is -2.07. The standard InChI is InChI=1S/C16H18N4OS/c1-9(2)20-15-12(7-18-20)6-13(8-17-15)19-16(21)14-5-10(3)22-11(14)4/h5-9H,1-4H3,(H,19,21). The van der Waals surface area contributed by atoms with Crippen LogP contribution in [0, 0.1) is 13.8 Å². The minimum Gasteiger partial charge on any atom is -0.321 e. The van der Waals surface area contributed by atoms with Crippen molar-refractivity contribution in [2.75, 3.05) is 5.32 Å². The maximum Gasteiger partial charge on any atom is 0.256 e. The van der Waals surface area contributed by atoms with Crippen molar-refractivity contribution in [3.8, 4) is 0 Å². The molecule has 0 unspecified atom stereocenters. The van der Waals surface area contributed by atoms with Gasteiger partial charge in [-0.2, -0.15) is 5.10 Å². The Hall–Kier alpha value is -2.21. The fraction of sp³-hybridized carbons (Fsp3) is 0.312. The number of fused-ring (bicyclic) bond motifs is 1. The molecule has 0 radical (unpaired) electrons. The molecular weight excluding hydrogens is 296 g/mol. The van der Waals surface area contributed by atoms with E-state index in [1.54, 1.807) is 23.7 Å². The van der Waals surface area contributed by atoms with E-state index in [0.29, 0.717) is 5.69 Å². The third-order valence-electron chi connectivity index (χ3n) is 3.47. The summed E-state index contributed by atoms with van der Waals surface area (Å²) in [5, 5.41) is 8.17. The molecule has 0 bridgehead atoms. The fourth-order valence-electron chi connectivity index (χ4n) is 2.44. The van der Waals surface area contributed by atoms with Crippen LogP contribution in [-0.2, 0) is 0 Å². The molecule has 0 aliphatic heterocycles. The molecule has 0 saturated heterocycles. The molecule has 0 aliphatic carbocycles. The van der Waals surface area contributed by atoms with Crippen molar-refractivity contribution >= 4 is 34.0 Å². The Morgan fingerprint density at radius 2 is 2.05 bits per heavy atom. The fourth-order valence-corrected chi connectivity index (χ4v) is 3.36. The maximum absolute atomic E-state index is 12.3. The van der Waals surface area contributed by atoms with Gasteiger partial charge in [0.15, 0.2) is 5.65 Å². The Morgan fingerprint density at radius 1 is 1.27 bits per heavy atom. The summed E-state index contributed by atoms with van der Waals surface area (Å²) in [6, 6.07) is 4.07. The highest BCUT2D eigenvalue weighted by molar-refractivity contribution is 7.12. The van der Waals surface area contributed by atoms with Crippen LogP contribution in [0.3, 0.4) is 0 Å². The molecular formula is C16H18N4OS. The highest BCUT2D eigenvalue weighted by atomic mass is 32.1. The van der Waals surface area contributed by atoms with Crippen molar-refractivity contribution in [3.63, 3.8) is 0 Å². The van der Waals surface area contributed by atoms with Gasteiger partial charge in [0.1, 0.15) is 0 Å². The van der Waals surface area contributed by atoms with Crippen molar-refractivity contribution in [1.82, 2.24) is 14.8 Å². The molecule has 5 nitrogen and oxygen atoms in total. The SMILES string of the molecule is Cc1cc(C(=O)Nc2cnc3c(cnn3C(C)C)c2)c(C)s1. The molecule has 0 aromatic carbocycles. The second-order valence-electron chi connectivity index (χ2n) is 5.60. The van der Waals surface area contributed by atoms with Gasteiger partial charge in [-0.3, -0.25) is 4.79 Å². The van der Waals surface area contributed by atoms with Crippen molar-refractivity contribution in [1.29, 1.82) is 0 Å². The Kier molecular flexibility index (Phi) is 3.70. The van der Waals surface area contributed by atoms with Gasteiger partial charge in [0.25, 0.3) is 5.91 Å². The molecule has 114 valence electrons. The molecule has 3 aromatic heterocycles. The first kappa shape index (κ1) is 14.7. The average molecular weight is 314 g/mol. The van der Waals surface area contributed by atoms with Crippen molar-refractivity contribution in [2.45, 2.75) is 33.7 Å². The van der Waals surface area contributed by atoms with Gasteiger partial charge in [-0.15, -0.1) is 11.3 Å². The number of amides is 1. The van der Waals surface area contributed by atoms with E-state index >= 15 is 0 Å². The van der Waals surface area contributed by atoms with E-state index in [2.05, 4.69) is 29.2 Å². The largest absolute Gasteiger partial charge is 0.321 e. The third kappa shape index (κ3) is 2.62. The quantitative estimate of drug-likeness (QED) is 0.796. The molecule has 0 atom stereocenters. The van der Waals surface area contributed by atoms with E-state index < -0.39 is 0 Å². The van der Waals surface area contributed by atoms with E-state index in [1.807, 2.05) is 30.7 Å². The van der Waals surface area contributed by atoms with E-state index in [1.165, 1.54) is 0 Å². The first-order valence-electron chi connectivity index (χ1n) is 7.17. The minimum atomic E-state index is -0.0979. The number of rotatable bonds is 3. The van der Waals surface area contributed by atoms with E-state index in [-0.39, 0.29) is 11.9 Å². The average Bonchev–Trinajstić information content (AvgIpc) is 3.01. The van der Waals surface area contributed by atoms with Crippen LogP contribution < -0.4 is 5.32 Å². The normalized spacial score (nSPS) is 11.3. The summed E-state index contributed by atoms with van der Waals surface area (Å²) >= 11 is 1.63. The number of anilines is 1. The molecule has 0 aliphatic rings. The minimum absolute atomic E-state index is 0.0979. The van der Waals surface area contributed by atoms with Crippen LogP contribution in [0.25, 0.3) is 11.0 Å². The number of nitrogens with zero attached hydrogens (tertiary/aromatic N) is 3.